The molecule has 0 amide bonds. The highest BCUT2D eigenvalue weighted by molar-refractivity contribution is 9.10. The Kier molecular flexibility index (Phi) is 4.12. The average molecular weight is 328 g/mol. The van der Waals surface area contributed by atoms with E-state index in [0.717, 1.165) is 24.3 Å². The molecule has 1 N–H and O–H groups in total. The highest BCUT2D eigenvalue weighted by Gasteiger charge is 2.40. The molecule has 1 heterocycles. The van der Waals surface area contributed by atoms with E-state index in [9.17, 15) is 0 Å². The number of fused-ring (bicyclic) bond motifs is 2. The SMILES string of the molecule is CCNC(CC1CC2CCC1C2)c1cscc1Br. The molecule has 18 heavy (non-hydrogen) atoms. The van der Waals surface area contributed by atoms with Gasteiger partial charge in [-0.1, -0.05) is 13.3 Å². The standard InChI is InChI=1S/C15H22BrNS/c1-2-17-15(13-8-18-9-14(13)16)7-12-6-10-3-4-11(12)5-10/h8-12,15,17H,2-7H2,1H3. The average Bonchev–Trinajstić information content (AvgIpc) is 3.04. The van der Waals surface area contributed by atoms with Crippen molar-refractivity contribution in [1.29, 1.82) is 0 Å². The van der Waals surface area contributed by atoms with Crippen LogP contribution in [0.2, 0.25) is 0 Å². The summed E-state index contributed by atoms with van der Waals surface area (Å²) < 4.78 is 1.29. The molecular weight excluding hydrogens is 306 g/mol. The fourth-order valence-electron chi connectivity index (χ4n) is 4.07. The van der Waals surface area contributed by atoms with Crippen LogP contribution in [0.15, 0.2) is 15.2 Å². The van der Waals surface area contributed by atoms with Gasteiger partial charge in [0.15, 0.2) is 0 Å². The first kappa shape index (κ1) is 13.1. The molecule has 2 aliphatic carbocycles. The Labute approximate surface area is 122 Å². The van der Waals surface area contributed by atoms with Crippen molar-refractivity contribution in [3.8, 4) is 0 Å². The fraction of sp³-hybridized carbons (Fsp3) is 0.733. The van der Waals surface area contributed by atoms with Gasteiger partial charge in [-0.05, 0) is 76.9 Å². The summed E-state index contributed by atoms with van der Waals surface area (Å²) in [6, 6.07) is 0.556. The second kappa shape index (κ2) is 5.64. The predicted molar refractivity (Wildman–Crippen MR) is 82.0 cm³/mol. The highest BCUT2D eigenvalue weighted by atomic mass is 79.9. The maximum absolute atomic E-state index is 3.70. The van der Waals surface area contributed by atoms with Crippen LogP contribution < -0.4 is 5.32 Å². The van der Waals surface area contributed by atoms with Crippen molar-refractivity contribution >= 4 is 27.3 Å². The lowest BCUT2D eigenvalue weighted by molar-refractivity contribution is 0.280. The molecule has 0 spiro atoms. The molecule has 2 bridgehead atoms. The zero-order chi connectivity index (χ0) is 12.5. The molecule has 1 nitrogen and oxygen atoms in total. The van der Waals surface area contributed by atoms with Gasteiger partial charge in [-0.3, -0.25) is 0 Å². The van der Waals surface area contributed by atoms with Crippen LogP contribution in [-0.2, 0) is 0 Å². The minimum atomic E-state index is 0.556. The number of halogens is 1. The molecule has 4 atom stereocenters. The van der Waals surface area contributed by atoms with Gasteiger partial charge in [-0.25, -0.2) is 0 Å². The summed E-state index contributed by atoms with van der Waals surface area (Å²) >= 11 is 5.50. The quantitative estimate of drug-likeness (QED) is 0.803. The van der Waals surface area contributed by atoms with Gasteiger partial charge in [-0.2, -0.15) is 11.3 Å². The van der Waals surface area contributed by atoms with Crippen molar-refractivity contribution in [1.82, 2.24) is 5.32 Å². The lowest BCUT2D eigenvalue weighted by atomic mass is 9.83. The van der Waals surface area contributed by atoms with Crippen LogP contribution in [-0.4, -0.2) is 6.54 Å². The van der Waals surface area contributed by atoms with Gasteiger partial charge in [0.1, 0.15) is 0 Å². The Morgan fingerprint density at radius 1 is 1.39 bits per heavy atom. The van der Waals surface area contributed by atoms with E-state index in [-0.39, 0.29) is 0 Å². The van der Waals surface area contributed by atoms with Crippen LogP contribution >= 0.6 is 27.3 Å². The molecule has 0 saturated heterocycles. The van der Waals surface area contributed by atoms with Crippen LogP contribution in [0.4, 0.5) is 0 Å². The topological polar surface area (TPSA) is 12.0 Å². The van der Waals surface area contributed by atoms with Crippen molar-refractivity contribution < 1.29 is 0 Å². The van der Waals surface area contributed by atoms with E-state index in [1.807, 2.05) is 0 Å². The second-order valence-corrected chi connectivity index (χ2v) is 7.55. The molecule has 4 unspecified atom stereocenters. The molecular formula is C15H22BrNS. The van der Waals surface area contributed by atoms with Crippen LogP contribution in [0.25, 0.3) is 0 Å². The molecule has 3 heteroatoms. The Balaban J connectivity index is 1.69. The normalized spacial score (nSPS) is 32.0. The van der Waals surface area contributed by atoms with E-state index < -0.39 is 0 Å². The van der Waals surface area contributed by atoms with E-state index in [2.05, 4.69) is 38.9 Å². The third-order valence-corrected chi connectivity index (χ3v) is 6.64. The minimum Gasteiger partial charge on any atom is -0.310 e. The van der Waals surface area contributed by atoms with Gasteiger partial charge in [0.2, 0.25) is 0 Å². The van der Waals surface area contributed by atoms with E-state index >= 15 is 0 Å². The molecule has 100 valence electrons. The fourth-order valence-corrected chi connectivity index (χ4v) is 5.70. The summed E-state index contributed by atoms with van der Waals surface area (Å²) in [7, 11) is 0. The van der Waals surface area contributed by atoms with E-state index in [1.165, 1.54) is 42.1 Å². The molecule has 1 aromatic heterocycles. The largest absolute Gasteiger partial charge is 0.310 e. The van der Waals surface area contributed by atoms with Crippen molar-refractivity contribution in [2.45, 2.75) is 45.1 Å². The third-order valence-electron chi connectivity index (χ3n) is 4.89. The van der Waals surface area contributed by atoms with Gasteiger partial charge in [0.05, 0.1) is 0 Å². The first-order valence-corrected chi connectivity index (χ1v) is 8.96. The van der Waals surface area contributed by atoms with Crippen LogP contribution in [0.1, 0.15) is 50.6 Å². The van der Waals surface area contributed by atoms with E-state index in [1.54, 1.807) is 11.3 Å². The van der Waals surface area contributed by atoms with Crippen molar-refractivity contribution in [3.05, 3.63) is 20.8 Å². The molecule has 3 rings (SSSR count). The summed E-state index contributed by atoms with van der Waals surface area (Å²) in [6.45, 7) is 3.28. The first-order valence-electron chi connectivity index (χ1n) is 7.23. The van der Waals surface area contributed by atoms with Crippen LogP contribution in [0.5, 0.6) is 0 Å². The van der Waals surface area contributed by atoms with Crippen LogP contribution in [0.3, 0.4) is 0 Å². The number of thiophene rings is 1. The number of hydrogen-bond acceptors (Lipinski definition) is 2. The van der Waals surface area contributed by atoms with E-state index in [4.69, 9.17) is 0 Å². The number of hydrogen-bond donors (Lipinski definition) is 1. The summed E-state index contributed by atoms with van der Waals surface area (Å²) in [5.41, 5.74) is 1.48. The summed E-state index contributed by atoms with van der Waals surface area (Å²) in [4.78, 5) is 0. The summed E-state index contributed by atoms with van der Waals surface area (Å²) in [6.07, 6.45) is 7.36. The third kappa shape index (κ3) is 2.54. The van der Waals surface area contributed by atoms with Crippen molar-refractivity contribution in [2.24, 2.45) is 17.8 Å². The lowest BCUT2D eigenvalue weighted by Gasteiger charge is -2.27. The first-order chi connectivity index (χ1) is 8.78. The van der Waals surface area contributed by atoms with Crippen molar-refractivity contribution in [2.75, 3.05) is 6.54 Å². The zero-order valence-electron chi connectivity index (χ0n) is 11.0. The molecule has 2 aliphatic rings. The molecule has 2 fully saturated rings. The maximum Gasteiger partial charge on any atom is 0.0342 e. The Morgan fingerprint density at radius 3 is 2.83 bits per heavy atom. The predicted octanol–water partition coefficient (Wildman–Crippen LogP) is 4.99. The van der Waals surface area contributed by atoms with Crippen molar-refractivity contribution in [3.63, 3.8) is 0 Å². The molecule has 0 aliphatic heterocycles. The van der Waals surface area contributed by atoms with Gasteiger partial charge >= 0.3 is 0 Å². The molecule has 0 aromatic carbocycles. The Morgan fingerprint density at radius 2 is 2.28 bits per heavy atom. The lowest BCUT2D eigenvalue weighted by Crippen LogP contribution is -2.25. The summed E-state index contributed by atoms with van der Waals surface area (Å²) in [5, 5.41) is 8.21. The van der Waals surface area contributed by atoms with Crippen LogP contribution in [0, 0.1) is 17.8 Å². The zero-order valence-corrected chi connectivity index (χ0v) is 13.4. The Hall–Kier alpha value is 0.140. The summed E-state index contributed by atoms with van der Waals surface area (Å²) in [5.74, 6) is 3.07. The minimum absolute atomic E-state index is 0.556. The van der Waals surface area contributed by atoms with Gasteiger partial charge in [-0.15, -0.1) is 0 Å². The monoisotopic (exact) mass is 327 g/mol. The number of nitrogens with one attached hydrogen (secondary N) is 1. The second-order valence-electron chi connectivity index (χ2n) is 5.96. The van der Waals surface area contributed by atoms with Gasteiger partial charge in [0, 0.05) is 15.9 Å². The molecule has 2 saturated carbocycles. The maximum atomic E-state index is 3.70. The smallest absolute Gasteiger partial charge is 0.0342 e. The molecule has 0 radical (unpaired) electrons. The van der Waals surface area contributed by atoms with Gasteiger partial charge in [0.25, 0.3) is 0 Å². The van der Waals surface area contributed by atoms with E-state index in [0.29, 0.717) is 6.04 Å². The molecule has 1 aromatic rings. The number of rotatable bonds is 5. The highest BCUT2D eigenvalue weighted by Crippen LogP contribution is 2.51. The van der Waals surface area contributed by atoms with Gasteiger partial charge < -0.3 is 5.32 Å². The Bertz CT molecular complexity index is 403.